The summed E-state index contributed by atoms with van der Waals surface area (Å²) >= 11 is 6.10. The van der Waals surface area contributed by atoms with Gasteiger partial charge in [0.2, 0.25) is 0 Å². The molecule has 1 N–H and O–H groups in total. The summed E-state index contributed by atoms with van der Waals surface area (Å²) in [6.45, 7) is 0. The number of carbonyl (C=O) groups excluding carboxylic acids is 2. The van der Waals surface area contributed by atoms with Gasteiger partial charge in [0.15, 0.2) is 0 Å². The first-order valence-corrected chi connectivity index (χ1v) is 8.97. The molecule has 1 aliphatic heterocycles. The van der Waals surface area contributed by atoms with Crippen molar-refractivity contribution in [3.05, 3.63) is 101 Å². The zero-order valence-corrected chi connectivity index (χ0v) is 15.4. The average molecular weight is 391 g/mol. The summed E-state index contributed by atoms with van der Waals surface area (Å²) in [5.74, 6) is -1.70. The minimum atomic E-state index is -0.771. The zero-order valence-electron chi connectivity index (χ0n) is 14.6. The highest BCUT2D eigenvalue weighted by molar-refractivity contribution is 6.51. The van der Waals surface area contributed by atoms with Crippen molar-refractivity contribution >= 4 is 34.7 Å². The Morgan fingerprint density at radius 1 is 0.964 bits per heavy atom. The van der Waals surface area contributed by atoms with E-state index in [1.54, 1.807) is 36.4 Å². The molecule has 1 fully saturated rings. The minimum Gasteiger partial charge on any atom is -0.507 e. The van der Waals surface area contributed by atoms with E-state index in [1.165, 1.54) is 17.3 Å². The van der Waals surface area contributed by atoms with Gasteiger partial charge < -0.3 is 5.11 Å². The number of nitrogens with zero attached hydrogens (tertiary/aromatic N) is 2. The van der Waals surface area contributed by atoms with E-state index in [0.717, 1.165) is 0 Å². The molecule has 3 aromatic rings. The van der Waals surface area contributed by atoms with Gasteiger partial charge in [-0.15, -0.1) is 0 Å². The van der Waals surface area contributed by atoms with Gasteiger partial charge in [-0.1, -0.05) is 48.0 Å². The molecule has 1 unspecified atom stereocenters. The predicted octanol–water partition coefficient (Wildman–Crippen LogP) is 4.36. The van der Waals surface area contributed by atoms with Gasteiger partial charge >= 0.3 is 0 Å². The van der Waals surface area contributed by atoms with Crippen LogP contribution in [0.1, 0.15) is 17.2 Å². The smallest absolute Gasteiger partial charge is 0.300 e. The third-order valence-corrected chi connectivity index (χ3v) is 4.83. The summed E-state index contributed by atoms with van der Waals surface area (Å²) in [5, 5.41) is 11.3. The lowest BCUT2D eigenvalue weighted by atomic mass is 9.95. The maximum Gasteiger partial charge on any atom is 0.300 e. The Kier molecular flexibility index (Phi) is 4.67. The number of aliphatic hydroxyl groups is 1. The maximum atomic E-state index is 12.9. The molecule has 0 aliphatic carbocycles. The summed E-state index contributed by atoms with van der Waals surface area (Å²) in [7, 11) is 0. The number of Topliss-reactive ketones (excluding diaryl/α,β-unsaturated/α-hetero) is 1. The number of hydrogen-bond acceptors (Lipinski definition) is 4. The van der Waals surface area contributed by atoms with Crippen LogP contribution in [0.2, 0.25) is 5.02 Å². The zero-order chi connectivity index (χ0) is 19.7. The molecule has 28 heavy (non-hydrogen) atoms. The molecule has 6 heteroatoms. The van der Waals surface area contributed by atoms with Crippen molar-refractivity contribution in [2.75, 3.05) is 4.90 Å². The molecule has 1 saturated heterocycles. The molecule has 0 saturated carbocycles. The quantitative estimate of drug-likeness (QED) is 0.410. The van der Waals surface area contributed by atoms with Gasteiger partial charge in [-0.25, -0.2) is 0 Å². The fourth-order valence-corrected chi connectivity index (χ4v) is 3.53. The lowest BCUT2D eigenvalue weighted by Gasteiger charge is -2.25. The normalized spacial score (nSPS) is 18.5. The SMILES string of the molecule is O=C1C(=O)N(c2cccc(Cl)c2)C(c2ccccc2)/C1=C(\O)c1ccncc1. The monoisotopic (exact) mass is 390 g/mol. The van der Waals surface area contributed by atoms with Gasteiger partial charge in [0, 0.05) is 28.7 Å². The molecule has 1 amide bonds. The average Bonchev–Trinajstić information content (AvgIpc) is 3.00. The van der Waals surface area contributed by atoms with Crippen molar-refractivity contribution in [1.29, 1.82) is 0 Å². The van der Waals surface area contributed by atoms with Gasteiger partial charge in [-0.05, 0) is 35.9 Å². The largest absolute Gasteiger partial charge is 0.507 e. The molecular formula is C22H15ClN2O3. The number of amides is 1. The van der Waals surface area contributed by atoms with Crippen LogP contribution in [0, 0.1) is 0 Å². The fourth-order valence-electron chi connectivity index (χ4n) is 3.34. The lowest BCUT2D eigenvalue weighted by Crippen LogP contribution is -2.29. The summed E-state index contributed by atoms with van der Waals surface area (Å²) < 4.78 is 0. The first kappa shape index (κ1) is 17.9. The molecule has 2 aromatic carbocycles. The number of benzene rings is 2. The van der Waals surface area contributed by atoms with E-state index < -0.39 is 17.7 Å². The Morgan fingerprint density at radius 3 is 2.36 bits per heavy atom. The van der Waals surface area contributed by atoms with Gasteiger partial charge in [0.1, 0.15) is 5.76 Å². The Hall–Kier alpha value is -3.44. The van der Waals surface area contributed by atoms with E-state index in [-0.39, 0.29) is 11.3 Å². The van der Waals surface area contributed by atoms with Crippen LogP contribution in [0.4, 0.5) is 5.69 Å². The number of halogens is 1. The third kappa shape index (κ3) is 3.06. The number of anilines is 1. The Balaban J connectivity index is 1.95. The van der Waals surface area contributed by atoms with Crippen LogP contribution in [0.3, 0.4) is 0 Å². The molecule has 1 aromatic heterocycles. The molecular weight excluding hydrogens is 376 g/mol. The number of aliphatic hydroxyl groups excluding tert-OH is 1. The molecule has 4 rings (SSSR count). The lowest BCUT2D eigenvalue weighted by molar-refractivity contribution is -0.132. The van der Waals surface area contributed by atoms with E-state index in [9.17, 15) is 14.7 Å². The van der Waals surface area contributed by atoms with Crippen molar-refractivity contribution in [1.82, 2.24) is 4.98 Å². The summed E-state index contributed by atoms with van der Waals surface area (Å²) in [4.78, 5) is 31.1. The van der Waals surface area contributed by atoms with E-state index in [0.29, 0.717) is 21.8 Å². The minimum absolute atomic E-state index is 0.0300. The van der Waals surface area contributed by atoms with Crippen LogP contribution in [0.25, 0.3) is 5.76 Å². The summed E-state index contributed by atoms with van der Waals surface area (Å²) in [6, 6.07) is 18.2. The maximum absolute atomic E-state index is 12.9. The molecule has 0 bridgehead atoms. The van der Waals surface area contributed by atoms with Crippen molar-refractivity contribution in [2.24, 2.45) is 0 Å². The molecule has 0 spiro atoms. The van der Waals surface area contributed by atoms with E-state index in [1.807, 2.05) is 30.3 Å². The fraction of sp³-hybridized carbons (Fsp3) is 0.0455. The van der Waals surface area contributed by atoms with Crippen molar-refractivity contribution < 1.29 is 14.7 Å². The topological polar surface area (TPSA) is 70.5 Å². The molecule has 1 atom stereocenters. The van der Waals surface area contributed by atoms with Crippen LogP contribution in [-0.4, -0.2) is 21.8 Å². The summed E-state index contributed by atoms with van der Waals surface area (Å²) in [6.07, 6.45) is 3.03. The van der Waals surface area contributed by atoms with Crippen molar-refractivity contribution in [3.63, 3.8) is 0 Å². The van der Waals surface area contributed by atoms with Crippen LogP contribution in [0.5, 0.6) is 0 Å². The summed E-state index contributed by atoms with van der Waals surface area (Å²) in [5.41, 5.74) is 1.64. The van der Waals surface area contributed by atoms with Crippen LogP contribution >= 0.6 is 11.6 Å². The van der Waals surface area contributed by atoms with Crippen LogP contribution in [0.15, 0.2) is 84.7 Å². The predicted molar refractivity (Wildman–Crippen MR) is 107 cm³/mol. The highest BCUT2D eigenvalue weighted by Gasteiger charge is 2.46. The Morgan fingerprint density at radius 2 is 1.68 bits per heavy atom. The number of pyridine rings is 1. The van der Waals surface area contributed by atoms with E-state index in [2.05, 4.69) is 4.98 Å². The second kappa shape index (κ2) is 7.29. The van der Waals surface area contributed by atoms with E-state index in [4.69, 9.17) is 11.6 Å². The number of carbonyl (C=O) groups is 2. The van der Waals surface area contributed by atoms with Gasteiger partial charge in [0.25, 0.3) is 11.7 Å². The van der Waals surface area contributed by atoms with Crippen molar-refractivity contribution in [3.8, 4) is 0 Å². The molecule has 5 nitrogen and oxygen atoms in total. The third-order valence-electron chi connectivity index (χ3n) is 4.60. The number of hydrogen-bond donors (Lipinski definition) is 1. The Labute approximate surface area is 166 Å². The van der Waals surface area contributed by atoms with Gasteiger partial charge in [-0.2, -0.15) is 0 Å². The molecule has 138 valence electrons. The van der Waals surface area contributed by atoms with Crippen molar-refractivity contribution in [2.45, 2.75) is 6.04 Å². The first-order chi connectivity index (χ1) is 13.6. The first-order valence-electron chi connectivity index (χ1n) is 8.60. The molecule has 2 heterocycles. The number of ketones is 1. The second-order valence-electron chi connectivity index (χ2n) is 6.30. The van der Waals surface area contributed by atoms with Crippen LogP contribution < -0.4 is 4.90 Å². The standard InChI is InChI=1S/C22H15ClN2O3/c23-16-7-4-8-17(13-16)25-19(14-5-2-1-3-6-14)18(21(27)22(25)28)20(26)15-9-11-24-12-10-15/h1-13,19,26H/b20-18+. The van der Waals surface area contributed by atoms with E-state index >= 15 is 0 Å². The van der Waals surface area contributed by atoms with Gasteiger partial charge in [0.05, 0.1) is 11.6 Å². The second-order valence-corrected chi connectivity index (χ2v) is 6.73. The van der Waals surface area contributed by atoms with Gasteiger partial charge in [-0.3, -0.25) is 19.5 Å². The Bertz CT molecular complexity index is 1080. The number of aromatic nitrogens is 1. The highest BCUT2D eigenvalue weighted by atomic mass is 35.5. The molecule has 1 aliphatic rings. The molecule has 0 radical (unpaired) electrons. The van der Waals surface area contributed by atoms with Crippen LogP contribution in [-0.2, 0) is 9.59 Å². The highest BCUT2D eigenvalue weighted by Crippen LogP contribution is 2.42. The number of rotatable bonds is 3.